The zero-order valence-corrected chi connectivity index (χ0v) is 15.2. The van der Waals surface area contributed by atoms with Gasteiger partial charge in [0.25, 0.3) is 0 Å². The highest BCUT2D eigenvalue weighted by Gasteiger charge is 2.27. The summed E-state index contributed by atoms with van der Waals surface area (Å²) >= 11 is 3.35. The van der Waals surface area contributed by atoms with Crippen molar-refractivity contribution >= 4 is 27.7 Å². The van der Waals surface area contributed by atoms with Gasteiger partial charge in [0.1, 0.15) is 22.0 Å². The zero-order valence-electron chi connectivity index (χ0n) is 13.6. The Balaban J connectivity index is 2.20. The molecule has 1 atom stereocenters. The van der Waals surface area contributed by atoms with Gasteiger partial charge in [0.05, 0.1) is 18.2 Å². The van der Waals surface area contributed by atoms with Gasteiger partial charge in [-0.3, -0.25) is 0 Å². The summed E-state index contributed by atoms with van der Waals surface area (Å²) in [6, 6.07) is 2.96. The van der Waals surface area contributed by atoms with E-state index in [9.17, 15) is 4.79 Å². The van der Waals surface area contributed by atoms with Crippen LogP contribution in [0.3, 0.4) is 0 Å². The van der Waals surface area contributed by atoms with E-state index in [0.29, 0.717) is 22.6 Å². The molecule has 2 heterocycles. The maximum Gasteiger partial charge on any atom is 0.329 e. The predicted molar refractivity (Wildman–Crippen MR) is 90.1 cm³/mol. The molecule has 124 valence electrons. The SMILES string of the molecule is Cc1cnc(NC(Cc2ccco2)C(=O)OC(C)(C)C)c(Br)n1. The lowest BCUT2D eigenvalue weighted by atomic mass is 10.1. The lowest BCUT2D eigenvalue weighted by molar-refractivity contribution is -0.155. The maximum absolute atomic E-state index is 12.5. The Morgan fingerprint density at radius 1 is 1.48 bits per heavy atom. The van der Waals surface area contributed by atoms with Crippen molar-refractivity contribution in [2.24, 2.45) is 0 Å². The molecule has 2 rings (SSSR count). The van der Waals surface area contributed by atoms with E-state index < -0.39 is 11.6 Å². The Hall–Kier alpha value is -1.89. The first-order chi connectivity index (χ1) is 10.7. The second-order valence-corrected chi connectivity index (χ2v) is 6.92. The minimum absolute atomic E-state index is 0.351. The quantitative estimate of drug-likeness (QED) is 0.798. The van der Waals surface area contributed by atoms with Gasteiger partial charge in [0, 0.05) is 6.42 Å². The number of hydrogen-bond donors (Lipinski definition) is 1. The number of nitrogens with zero attached hydrogens (tertiary/aromatic N) is 2. The van der Waals surface area contributed by atoms with Crippen LogP contribution in [0.2, 0.25) is 0 Å². The fourth-order valence-corrected chi connectivity index (χ4v) is 2.40. The first-order valence-corrected chi connectivity index (χ1v) is 8.05. The number of nitrogens with one attached hydrogen (secondary N) is 1. The third-order valence-electron chi connectivity index (χ3n) is 2.84. The van der Waals surface area contributed by atoms with Crippen molar-refractivity contribution < 1.29 is 13.9 Å². The zero-order chi connectivity index (χ0) is 17.0. The summed E-state index contributed by atoms with van der Waals surface area (Å²) in [5, 5.41) is 3.08. The number of hydrogen-bond acceptors (Lipinski definition) is 6. The van der Waals surface area contributed by atoms with Gasteiger partial charge in [-0.25, -0.2) is 14.8 Å². The Morgan fingerprint density at radius 2 is 2.22 bits per heavy atom. The van der Waals surface area contributed by atoms with Crippen LogP contribution in [0.25, 0.3) is 0 Å². The third-order valence-corrected chi connectivity index (χ3v) is 3.39. The second kappa shape index (κ2) is 7.12. The smallest absolute Gasteiger partial charge is 0.329 e. The highest BCUT2D eigenvalue weighted by molar-refractivity contribution is 9.10. The summed E-state index contributed by atoms with van der Waals surface area (Å²) in [6.07, 6.45) is 3.55. The monoisotopic (exact) mass is 381 g/mol. The van der Waals surface area contributed by atoms with Crippen molar-refractivity contribution in [3.8, 4) is 0 Å². The number of ether oxygens (including phenoxy) is 1. The Labute approximate surface area is 143 Å². The number of aromatic nitrogens is 2. The first kappa shape index (κ1) is 17.5. The molecule has 0 bridgehead atoms. The van der Waals surface area contributed by atoms with Crippen molar-refractivity contribution in [3.63, 3.8) is 0 Å². The van der Waals surface area contributed by atoms with Gasteiger partial charge in [0.2, 0.25) is 0 Å². The Morgan fingerprint density at radius 3 is 2.78 bits per heavy atom. The van der Waals surface area contributed by atoms with E-state index in [1.165, 1.54) is 0 Å². The van der Waals surface area contributed by atoms with Crippen LogP contribution in [0.4, 0.5) is 5.82 Å². The standard InChI is InChI=1S/C16H20BrN3O3/c1-10-9-18-14(13(17)19-10)20-12(8-11-6-5-7-22-11)15(21)23-16(2,3)4/h5-7,9,12H,8H2,1-4H3,(H,18,20). The van der Waals surface area contributed by atoms with E-state index in [2.05, 4.69) is 31.2 Å². The van der Waals surface area contributed by atoms with Crippen LogP contribution in [-0.4, -0.2) is 27.6 Å². The van der Waals surface area contributed by atoms with Gasteiger partial charge in [-0.1, -0.05) is 0 Å². The summed E-state index contributed by atoms with van der Waals surface area (Å²) in [5.41, 5.74) is 0.207. The van der Waals surface area contributed by atoms with Gasteiger partial charge in [0.15, 0.2) is 5.82 Å². The molecule has 0 saturated carbocycles. The van der Waals surface area contributed by atoms with Crippen molar-refractivity contribution in [2.45, 2.75) is 45.8 Å². The molecule has 0 aliphatic carbocycles. The van der Waals surface area contributed by atoms with Gasteiger partial charge >= 0.3 is 5.97 Å². The van der Waals surface area contributed by atoms with E-state index in [4.69, 9.17) is 9.15 Å². The molecule has 2 aromatic heterocycles. The van der Waals surface area contributed by atoms with Crippen LogP contribution >= 0.6 is 15.9 Å². The average molecular weight is 382 g/mol. The first-order valence-electron chi connectivity index (χ1n) is 7.25. The molecule has 1 unspecified atom stereocenters. The predicted octanol–water partition coefficient (Wildman–Crippen LogP) is 3.51. The molecule has 0 aliphatic rings. The minimum Gasteiger partial charge on any atom is -0.469 e. The van der Waals surface area contributed by atoms with Crippen LogP contribution < -0.4 is 5.32 Å². The molecular formula is C16H20BrN3O3. The largest absolute Gasteiger partial charge is 0.469 e. The van der Waals surface area contributed by atoms with Gasteiger partial charge < -0.3 is 14.5 Å². The molecule has 23 heavy (non-hydrogen) atoms. The summed E-state index contributed by atoms with van der Waals surface area (Å²) in [6.45, 7) is 7.33. The number of carbonyl (C=O) groups excluding carboxylic acids is 1. The van der Waals surface area contributed by atoms with E-state index in [1.807, 2.05) is 33.8 Å². The number of halogens is 1. The summed E-state index contributed by atoms with van der Waals surface area (Å²) in [7, 11) is 0. The summed E-state index contributed by atoms with van der Waals surface area (Å²) in [5.74, 6) is 0.797. The average Bonchev–Trinajstić information content (AvgIpc) is 2.91. The van der Waals surface area contributed by atoms with Crippen LogP contribution in [0.1, 0.15) is 32.2 Å². The number of anilines is 1. The fourth-order valence-electron chi connectivity index (χ4n) is 1.91. The Kier molecular flexibility index (Phi) is 5.41. The molecule has 0 radical (unpaired) electrons. The summed E-state index contributed by atoms with van der Waals surface area (Å²) < 4.78 is 11.4. The fraction of sp³-hybridized carbons (Fsp3) is 0.438. The van der Waals surface area contributed by atoms with Crippen LogP contribution in [0.5, 0.6) is 0 Å². The number of esters is 1. The van der Waals surface area contributed by atoms with E-state index >= 15 is 0 Å². The topological polar surface area (TPSA) is 77.2 Å². The van der Waals surface area contributed by atoms with Crippen molar-refractivity contribution in [1.29, 1.82) is 0 Å². The molecule has 2 aromatic rings. The molecule has 0 amide bonds. The number of rotatable bonds is 5. The van der Waals surface area contributed by atoms with Crippen LogP contribution in [0, 0.1) is 6.92 Å². The van der Waals surface area contributed by atoms with Crippen molar-refractivity contribution in [3.05, 3.63) is 40.7 Å². The highest BCUT2D eigenvalue weighted by atomic mass is 79.9. The Bertz CT molecular complexity index is 666. The van der Waals surface area contributed by atoms with Crippen molar-refractivity contribution in [2.75, 3.05) is 5.32 Å². The maximum atomic E-state index is 12.5. The van der Waals surface area contributed by atoms with Crippen LogP contribution in [-0.2, 0) is 16.0 Å². The van der Waals surface area contributed by atoms with Gasteiger partial charge in [-0.15, -0.1) is 0 Å². The second-order valence-electron chi connectivity index (χ2n) is 6.16. The normalized spacial score (nSPS) is 12.7. The molecule has 6 nitrogen and oxygen atoms in total. The van der Waals surface area contributed by atoms with E-state index in [1.54, 1.807) is 18.5 Å². The third kappa shape index (κ3) is 5.35. The number of aryl methyl sites for hydroxylation is 1. The van der Waals surface area contributed by atoms with Gasteiger partial charge in [-0.2, -0.15) is 0 Å². The highest BCUT2D eigenvalue weighted by Crippen LogP contribution is 2.20. The van der Waals surface area contributed by atoms with Gasteiger partial charge in [-0.05, 0) is 55.8 Å². The van der Waals surface area contributed by atoms with Crippen molar-refractivity contribution in [1.82, 2.24) is 9.97 Å². The molecule has 0 fully saturated rings. The molecule has 1 N–H and O–H groups in total. The molecule has 0 spiro atoms. The lowest BCUT2D eigenvalue weighted by Gasteiger charge is -2.24. The van der Waals surface area contributed by atoms with Crippen LogP contribution in [0.15, 0.2) is 33.6 Å². The van der Waals surface area contributed by atoms with E-state index in [0.717, 1.165) is 5.69 Å². The minimum atomic E-state index is -0.631. The molecular weight excluding hydrogens is 362 g/mol. The summed E-state index contributed by atoms with van der Waals surface area (Å²) in [4.78, 5) is 21.0. The lowest BCUT2D eigenvalue weighted by Crippen LogP contribution is -2.38. The molecule has 0 aliphatic heterocycles. The molecule has 0 saturated heterocycles. The number of furan rings is 1. The molecule has 7 heteroatoms. The van der Waals surface area contributed by atoms with E-state index in [-0.39, 0.29) is 5.97 Å². The number of carbonyl (C=O) groups is 1. The molecule has 0 aromatic carbocycles.